The molecule has 1 aliphatic rings. The number of hydrogen-bond acceptors (Lipinski definition) is 3. The zero-order chi connectivity index (χ0) is 15.3. The first-order valence-electron chi connectivity index (χ1n) is 7.87. The van der Waals surface area contributed by atoms with Gasteiger partial charge in [0.15, 0.2) is 0 Å². The van der Waals surface area contributed by atoms with E-state index < -0.39 is 0 Å². The number of carbonyl (C=O) groups is 1. The summed E-state index contributed by atoms with van der Waals surface area (Å²) in [7, 11) is 1.48. The van der Waals surface area contributed by atoms with Gasteiger partial charge in [-0.1, -0.05) is 44.2 Å². The number of methoxy groups -OCH3 is 1. The lowest BCUT2D eigenvalue weighted by Gasteiger charge is -2.26. The lowest BCUT2D eigenvalue weighted by Crippen LogP contribution is -2.33. The standard InChI is InChI=1S/C18H27NO2/c1-18(2)10-7-12-19(13-11-18)14-16(17(20)21-3)15-8-5-4-6-9-15/h4-6,8-9,16H,7,10-14H2,1-3H3. The summed E-state index contributed by atoms with van der Waals surface area (Å²) >= 11 is 0. The lowest BCUT2D eigenvalue weighted by molar-refractivity contribution is -0.143. The Morgan fingerprint density at radius 2 is 1.95 bits per heavy atom. The van der Waals surface area contributed by atoms with Crippen molar-refractivity contribution in [1.29, 1.82) is 0 Å². The summed E-state index contributed by atoms with van der Waals surface area (Å²) in [6.07, 6.45) is 3.66. The number of hydrogen-bond donors (Lipinski definition) is 0. The molecule has 0 amide bonds. The van der Waals surface area contributed by atoms with Crippen LogP contribution in [-0.2, 0) is 9.53 Å². The highest BCUT2D eigenvalue weighted by molar-refractivity contribution is 5.78. The van der Waals surface area contributed by atoms with E-state index in [0.717, 1.165) is 25.2 Å². The third kappa shape index (κ3) is 4.57. The molecule has 1 aromatic carbocycles. The molecule has 0 spiro atoms. The molecule has 0 aliphatic carbocycles. The Labute approximate surface area is 128 Å². The average molecular weight is 289 g/mol. The van der Waals surface area contributed by atoms with Gasteiger partial charge >= 0.3 is 5.97 Å². The molecule has 1 aromatic rings. The van der Waals surface area contributed by atoms with Crippen LogP contribution in [0.1, 0.15) is 44.6 Å². The maximum Gasteiger partial charge on any atom is 0.314 e. The third-order valence-corrected chi connectivity index (χ3v) is 4.56. The van der Waals surface area contributed by atoms with Crippen molar-refractivity contribution < 1.29 is 9.53 Å². The zero-order valence-corrected chi connectivity index (χ0v) is 13.5. The SMILES string of the molecule is COC(=O)C(CN1CCCC(C)(C)CC1)c1ccccc1. The van der Waals surface area contributed by atoms with Gasteiger partial charge in [0.25, 0.3) is 0 Å². The summed E-state index contributed by atoms with van der Waals surface area (Å²) in [5.74, 6) is -0.317. The lowest BCUT2D eigenvalue weighted by atomic mass is 9.85. The normalized spacial score (nSPS) is 20.5. The maximum absolute atomic E-state index is 12.2. The van der Waals surface area contributed by atoms with Crippen LogP contribution in [0.3, 0.4) is 0 Å². The molecule has 1 saturated heterocycles. The minimum Gasteiger partial charge on any atom is -0.469 e. The van der Waals surface area contributed by atoms with E-state index >= 15 is 0 Å². The number of benzene rings is 1. The predicted octanol–water partition coefficient (Wildman–Crippen LogP) is 3.46. The number of esters is 1. The van der Waals surface area contributed by atoms with Crippen molar-refractivity contribution in [2.75, 3.05) is 26.7 Å². The first-order chi connectivity index (χ1) is 10.0. The molecule has 1 heterocycles. The van der Waals surface area contributed by atoms with Crippen molar-refractivity contribution in [2.24, 2.45) is 5.41 Å². The van der Waals surface area contributed by atoms with Gasteiger partial charge < -0.3 is 9.64 Å². The number of rotatable bonds is 4. The smallest absolute Gasteiger partial charge is 0.314 e. The van der Waals surface area contributed by atoms with Gasteiger partial charge in [-0.3, -0.25) is 4.79 Å². The van der Waals surface area contributed by atoms with Gasteiger partial charge in [0, 0.05) is 6.54 Å². The Balaban J connectivity index is 2.07. The van der Waals surface area contributed by atoms with Gasteiger partial charge in [-0.15, -0.1) is 0 Å². The van der Waals surface area contributed by atoms with E-state index in [1.165, 1.54) is 26.4 Å². The van der Waals surface area contributed by atoms with Gasteiger partial charge in [0.05, 0.1) is 13.0 Å². The molecule has 1 atom stereocenters. The van der Waals surface area contributed by atoms with Crippen LogP contribution in [0.4, 0.5) is 0 Å². The third-order valence-electron chi connectivity index (χ3n) is 4.56. The van der Waals surface area contributed by atoms with E-state index in [1.807, 2.05) is 30.3 Å². The summed E-state index contributed by atoms with van der Waals surface area (Å²) in [6.45, 7) is 7.57. The number of carbonyl (C=O) groups excluding carboxylic acids is 1. The molecule has 1 unspecified atom stereocenters. The second-order valence-electron chi connectivity index (χ2n) is 6.80. The quantitative estimate of drug-likeness (QED) is 0.795. The molecule has 3 nitrogen and oxygen atoms in total. The van der Waals surface area contributed by atoms with Crippen molar-refractivity contribution >= 4 is 5.97 Å². The van der Waals surface area contributed by atoms with E-state index in [0.29, 0.717) is 5.41 Å². The van der Waals surface area contributed by atoms with Crippen LogP contribution in [0.5, 0.6) is 0 Å². The monoisotopic (exact) mass is 289 g/mol. The van der Waals surface area contributed by atoms with Crippen molar-refractivity contribution in [3.63, 3.8) is 0 Å². The van der Waals surface area contributed by atoms with E-state index in [1.54, 1.807) is 0 Å². The topological polar surface area (TPSA) is 29.5 Å². The van der Waals surface area contributed by atoms with Crippen LogP contribution >= 0.6 is 0 Å². The van der Waals surface area contributed by atoms with Gasteiger partial charge in [-0.25, -0.2) is 0 Å². The molecule has 0 N–H and O–H groups in total. The van der Waals surface area contributed by atoms with E-state index in [-0.39, 0.29) is 11.9 Å². The van der Waals surface area contributed by atoms with Crippen LogP contribution in [0.15, 0.2) is 30.3 Å². The summed E-state index contributed by atoms with van der Waals surface area (Å²) in [4.78, 5) is 14.6. The number of ether oxygens (including phenoxy) is 1. The summed E-state index contributed by atoms with van der Waals surface area (Å²) < 4.78 is 5.01. The van der Waals surface area contributed by atoms with Crippen LogP contribution in [0.25, 0.3) is 0 Å². The van der Waals surface area contributed by atoms with Crippen LogP contribution in [-0.4, -0.2) is 37.6 Å². The first-order valence-corrected chi connectivity index (χ1v) is 7.87. The summed E-state index contributed by atoms with van der Waals surface area (Å²) in [5, 5.41) is 0. The second kappa shape index (κ2) is 7.08. The highest BCUT2D eigenvalue weighted by Gasteiger charge is 2.28. The molecule has 0 radical (unpaired) electrons. The first kappa shape index (κ1) is 16.0. The van der Waals surface area contributed by atoms with Crippen molar-refractivity contribution in [3.05, 3.63) is 35.9 Å². The fourth-order valence-corrected chi connectivity index (χ4v) is 3.06. The van der Waals surface area contributed by atoms with E-state index in [4.69, 9.17) is 4.74 Å². The summed E-state index contributed by atoms with van der Waals surface area (Å²) in [5.41, 5.74) is 1.47. The van der Waals surface area contributed by atoms with Gasteiger partial charge in [-0.05, 0) is 43.3 Å². The molecule has 3 heteroatoms. The molecule has 0 saturated carbocycles. The molecule has 1 fully saturated rings. The van der Waals surface area contributed by atoms with Crippen LogP contribution < -0.4 is 0 Å². The van der Waals surface area contributed by atoms with Gasteiger partial charge in [-0.2, -0.15) is 0 Å². The average Bonchev–Trinajstić information content (AvgIpc) is 2.66. The van der Waals surface area contributed by atoms with Crippen molar-refractivity contribution in [1.82, 2.24) is 4.90 Å². The van der Waals surface area contributed by atoms with E-state index in [2.05, 4.69) is 18.7 Å². The Morgan fingerprint density at radius 3 is 2.62 bits per heavy atom. The van der Waals surface area contributed by atoms with Gasteiger partial charge in [0.1, 0.15) is 0 Å². The van der Waals surface area contributed by atoms with Crippen molar-refractivity contribution in [3.8, 4) is 0 Å². The van der Waals surface area contributed by atoms with Crippen molar-refractivity contribution in [2.45, 2.75) is 39.0 Å². The second-order valence-corrected chi connectivity index (χ2v) is 6.80. The molecule has 0 aromatic heterocycles. The molecule has 21 heavy (non-hydrogen) atoms. The van der Waals surface area contributed by atoms with Gasteiger partial charge in [0.2, 0.25) is 0 Å². The fourth-order valence-electron chi connectivity index (χ4n) is 3.06. The van der Waals surface area contributed by atoms with E-state index in [9.17, 15) is 4.79 Å². The largest absolute Gasteiger partial charge is 0.469 e. The molecular weight excluding hydrogens is 262 g/mol. The molecular formula is C18H27NO2. The van der Waals surface area contributed by atoms with Crippen LogP contribution in [0, 0.1) is 5.41 Å². The highest BCUT2D eigenvalue weighted by atomic mass is 16.5. The molecule has 116 valence electrons. The predicted molar refractivity (Wildman–Crippen MR) is 85.3 cm³/mol. The zero-order valence-electron chi connectivity index (χ0n) is 13.5. The minimum absolute atomic E-state index is 0.135. The molecule has 2 rings (SSSR count). The minimum atomic E-state index is -0.183. The maximum atomic E-state index is 12.2. The Hall–Kier alpha value is -1.35. The molecule has 1 aliphatic heterocycles. The van der Waals surface area contributed by atoms with Crippen LogP contribution in [0.2, 0.25) is 0 Å². The summed E-state index contributed by atoms with van der Waals surface area (Å²) in [6, 6.07) is 9.98. The Morgan fingerprint density at radius 1 is 1.24 bits per heavy atom. The number of nitrogens with zero attached hydrogens (tertiary/aromatic N) is 1. The highest BCUT2D eigenvalue weighted by Crippen LogP contribution is 2.30. The Bertz CT molecular complexity index is 456. The molecule has 0 bridgehead atoms. The number of likely N-dealkylation sites (tertiary alicyclic amines) is 1. The fraction of sp³-hybridized carbons (Fsp3) is 0.611. The Kier molecular flexibility index (Phi) is 5.40.